The lowest BCUT2D eigenvalue weighted by Gasteiger charge is -2.14. The Kier molecular flexibility index (Phi) is 6.50. The van der Waals surface area contributed by atoms with Crippen LogP contribution in [-0.2, 0) is 20.9 Å². The minimum absolute atomic E-state index is 0.264. The Morgan fingerprint density at radius 1 is 1.36 bits per heavy atom. The Bertz CT molecular complexity index is 275. The highest BCUT2D eigenvalue weighted by molar-refractivity contribution is 7.85. The molecule has 0 aromatic rings. The van der Waals surface area contributed by atoms with Crippen LogP contribution in [0.5, 0.6) is 0 Å². The molecule has 1 atom stereocenters. The molecule has 0 heterocycles. The molecule has 0 spiro atoms. The standard InChI is InChI=1S/C7H17NO4S2/c1-3-13(9)6-4-8(2)5-7-14(10,11)12/h3-7H2,1-2H3,(H,10,11,12). The molecular weight excluding hydrogens is 226 g/mol. The molecule has 1 N–H and O–H groups in total. The van der Waals surface area contributed by atoms with Gasteiger partial charge in [0.1, 0.15) is 0 Å². The Morgan fingerprint density at radius 2 is 1.93 bits per heavy atom. The van der Waals surface area contributed by atoms with Gasteiger partial charge in [0.2, 0.25) is 0 Å². The molecule has 1 unspecified atom stereocenters. The maximum absolute atomic E-state index is 11.0. The predicted octanol–water partition coefficient (Wildman–Crippen LogP) is -0.425. The average Bonchev–Trinajstić information content (AvgIpc) is 2.09. The van der Waals surface area contributed by atoms with Crippen LogP contribution in [0, 0.1) is 0 Å². The zero-order valence-corrected chi connectivity index (χ0v) is 10.1. The lowest BCUT2D eigenvalue weighted by molar-refractivity contribution is 0.369. The van der Waals surface area contributed by atoms with Gasteiger partial charge < -0.3 is 4.90 Å². The van der Waals surface area contributed by atoms with E-state index in [-0.39, 0.29) is 12.3 Å². The first-order valence-electron chi connectivity index (χ1n) is 4.34. The van der Waals surface area contributed by atoms with E-state index in [1.807, 2.05) is 6.92 Å². The summed E-state index contributed by atoms with van der Waals surface area (Å²) in [6.45, 7) is 2.68. The number of hydrogen-bond acceptors (Lipinski definition) is 4. The molecule has 14 heavy (non-hydrogen) atoms. The lowest BCUT2D eigenvalue weighted by Crippen LogP contribution is -2.29. The molecule has 0 rings (SSSR count). The summed E-state index contributed by atoms with van der Waals surface area (Å²) in [6, 6.07) is 0. The Labute approximate surface area is 87.7 Å². The van der Waals surface area contributed by atoms with E-state index < -0.39 is 20.9 Å². The third-order valence-electron chi connectivity index (χ3n) is 1.75. The highest BCUT2D eigenvalue weighted by Crippen LogP contribution is 1.89. The summed E-state index contributed by atoms with van der Waals surface area (Å²) in [7, 11) is -2.97. The monoisotopic (exact) mass is 243 g/mol. The van der Waals surface area contributed by atoms with E-state index in [0.29, 0.717) is 18.1 Å². The van der Waals surface area contributed by atoms with Crippen molar-refractivity contribution in [3.8, 4) is 0 Å². The Hall–Kier alpha value is 0.0200. The SMILES string of the molecule is CCS(=O)CCN(C)CCS(=O)(=O)O. The molecule has 0 aromatic carbocycles. The van der Waals surface area contributed by atoms with Gasteiger partial charge in [0, 0.05) is 35.4 Å². The number of nitrogens with zero attached hydrogens (tertiary/aromatic N) is 1. The van der Waals surface area contributed by atoms with Crippen molar-refractivity contribution in [3.63, 3.8) is 0 Å². The number of rotatable bonds is 7. The van der Waals surface area contributed by atoms with E-state index in [4.69, 9.17) is 4.55 Å². The van der Waals surface area contributed by atoms with Crippen LogP contribution in [0.15, 0.2) is 0 Å². The van der Waals surface area contributed by atoms with Gasteiger partial charge in [0.15, 0.2) is 0 Å². The molecule has 0 amide bonds. The molecule has 0 radical (unpaired) electrons. The van der Waals surface area contributed by atoms with Crippen LogP contribution in [-0.4, -0.2) is 59.5 Å². The highest BCUT2D eigenvalue weighted by atomic mass is 32.2. The van der Waals surface area contributed by atoms with Crippen molar-refractivity contribution in [1.29, 1.82) is 0 Å². The van der Waals surface area contributed by atoms with Crippen molar-refractivity contribution in [2.75, 3.05) is 37.4 Å². The second-order valence-electron chi connectivity index (χ2n) is 3.02. The van der Waals surface area contributed by atoms with E-state index in [9.17, 15) is 12.6 Å². The van der Waals surface area contributed by atoms with E-state index in [1.165, 1.54) is 0 Å². The van der Waals surface area contributed by atoms with Crippen molar-refractivity contribution in [3.05, 3.63) is 0 Å². The predicted molar refractivity (Wildman–Crippen MR) is 57.5 cm³/mol. The van der Waals surface area contributed by atoms with Crippen molar-refractivity contribution in [2.45, 2.75) is 6.92 Å². The van der Waals surface area contributed by atoms with Gasteiger partial charge in [0.05, 0.1) is 5.75 Å². The van der Waals surface area contributed by atoms with Gasteiger partial charge in [-0.2, -0.15) is 8.42 Å². The summed E-state index contributed by atoms with van der Waals surface area (Å²) in [5.74, 6) is 0.882. The molecule has 0 aromatic heterocycles. The average molecular weight is 243 g/mol. The topological polar surface area (TPSA) is 74.7 Å². The summed E-state index contributed by atoms with van der Waals surface area (Å²) in [5, 5.41) is 0. The van der Waals surface area contributed by atoms with Gasteiger partial charge >= 0.3 is 0 Å². The smallest absolute Gasteiger partial charge is 0.266 e. The summed E-state index contributed by atoms with van der Waals surface area (Å²) in [4.78, 5) is 1.74. The van der Waals surface area contributed by atoms with Crippen LogP contribution in [0.25, 0.3) is 0 Å². The minimum atomic E-state index is -3.88. The van der Waals surface area contributed by atoms with Crippen molar-refractivity contribution < 1.29 is 17.2 Å². The minimum Gasteiger partial charge on any atom is -0.304 e. The second-order valence-corrected chi connectivity index (χ2v) is 6.46. The molecule has 0 bridgehead atoms. The van der Waals surface area contributed by atoms with Crippen molar-refractivity contribution >= 4 is 20.9 Å². The zero-order chi connectivity index (χ0) is 11.2. The van der Waals surface area contributed by atoms with Crippen molar-refractivity contribution in [2.24, 2.45) is 0 Å². The molecule has 0 aliphatic heterocycles. The molecule has 7 heteroatoms. The fourth-order valence-corrected chi connectivity index (χ4v) is 2.13. The van der Waals surface area contributed by atoms with Gasteiger partial charge in [0.25, 0.3) is 10.1 Å². The largest absolute Gasteiger partial charge is 0.304 e. The maximum Gasteiger partial charge on any atom is 0.266 e. The molecule has 5 nitrogen and oxygen atoms in total. The molecule has 0 aliphatic carbocycles. The fourth-order valence-electron chi connectivity index (χ4n) is 0.785. The molecular formula is C7H17NO4S2. The second kappa shape index (κ2) is 6.49. The maximum atomic E-state index is 11.0. The van der Waals surface area contributed by atoms with E-state index >= 15 is 0 Å². The van der Waals surface area contributed by atoms with Crippen molar-refractivity contribution in [1.82, 2.24) is 4.90 Å². The normalized spacial score (nSPS) is 14.6. The van der Waals surface area contributed by atoms with Crippen LogP contribution < -0.4 is 0 Å². The molecule has 0 saturated carbocycles. The lowest BCUT2D eigenvalue weighted by atomic mass is 10.6. The van der Waals surface area contributed by atoms with Gasteiger partial charge in [-0.3, -0.25) is 8.76 Å². The zero-order valence-electron chi connectivity index (χ0n) is 8.47. The molecule has 86 valence electrons. The molecule has 0 fully saturated rings. The summed E-state index contributed by atoms with van der Waals surface area (Å²) < 4.78 is 40.3. The van der Waals surface area contributed by atoms with E-state index in [0.717, 1.165) is 0 Å². The third-order valence-corrected chi connectivity index (χ3v) is 3.73. The number of hydrogen-bond donors (Lipinski definition) is 1. The molecule has 0 aliphatic rings. The van der Waals surface area contributed by atoms with Gasteiger partial charge in [-0.15, -0.1) is 0 Å². The first kappa shape index (κ1) is 14.0. The summed E-state index contributed by atoms with van der Waals surface area (Å²) in [6.07, 6.45) is 0. The first-order chi connectivity index (χ1) is 6.35. The van der Waals surface area contributed by atoms with Gasteiger partial charge in [-0.05, 0) is 7.05 Å². The first-order valence-corrected chi connectivity index (χ1v) is 7.43. The van der Waals surface area contributed by atoms with Crippen LogP contribution in [0.3, 0.4) is 0 Å². The summed E-state index contributed by atoms with van der Waals surface area (Å²) >= 11 is 0. The Balaban J connectivity index is 3.66. The van der Waals surface area contributed by atoms with Gasteiger partial charge in [-0.1, -0.05) is 6.92 Å². The van der Waals surface area contributed by atoms with Crippen LogP contribution in [0.1, 0.15) is 6.92 Å². The third kappa shape index (κ3) is 8.61. The van der Waals surface area contributed by atoms with E-state index in [2.05, 4.69) is 0 Å². The van der Waals surface area contributed by atoms with E-state index in [1.54, 1.807) is 11.9 Å². The summed E-state index contributed by atoms with van der Waals surface area (Å²) in [5.41, 5.74) is 0. The van der Waals surface area contributed by atoms with Gasteiger partial charge in [-0.25, -0.2) is 0 Å². The molecule has 0 saturated heterocycles. The quantitative estimate of drug-likeness (QED) is 0.614. The highest BCUT2D eigenvalue weighted by Gasteiger charge is 2.07. The van der Waals surface area contributed by atoms with Crippen LogP contribution >= 0.6 is 0 Å². The fraction of sp³-hybridized carbons (Fsp3) is 1.00. The van der Waals surface area contributed by atoms with Crippen LogP contribution in [0.4, 0.5) is 0 Å². The van der Waals surface area contributed by atoms with Crippen LogP contribution in [0.2, 0.25) is 0 Å². The Morgan fingerprint density at radius 3 is 2.36 bits per heavy atom.